The monoisotopic (exact) mass is 371 g/mol. The van der Waals surface area contributed by atoms with Crippen LogP contribution in [-0.2, 0) is 4.74 Å². The number of hydrogen-bond acceptors (Lipinski definition) is 4. The van der Waals surface area contributed by atoms with Crippen molar-refractivity contribution >= 4 is 17.4 Å². The van der Waals surface area contributed by atoms with Gasteiger partial charge < -0.3 is 15.4 Å². The maximum Gasteiger partial charge on any atom is 0.253 e. The highest BCUT2D eigenvalue weighted by molar-refractivity contribution is 5.95. The Morgan fingerprint density at radius 3 is 2.78 bits per heavy atom. The number of halogens is 1. The highest BCUT2D eigenvalue weighted by atomic mass is 19.1. The van der Waals surface area contributed by atoms with E-state index in [1.807, 2.05) is 19.9 Å². The molecule has 1 aromatic carbocycles. The summed E-state index contributed by atoms with van der Waals surface area (Å²) < 4.78 is 18.7. The number of aromatic nitrogens is 1. The zero-order valence-electron chi connectivity index (χ0n) is 15.8. The normalized spacial score (nSPS) is 15.0. The molecule has 27 heavy (non-hydrogen) atoms. The van der Waals surface area contributed by atoms with Crippen LogP contribution < -0.4 is 10.6 Å². The number of hydrogen-bond donors (Lipinski definition) is 2. The van der Waals surface area contributed by atoms with E-state index in [1.54, 1.807) is 18.3 Å². The molecular weight excluding hydrogens is 345 g/mol. The van der Waals surface area contributed by atoms with E-state index >= 15 is 0 Å². The van der Waals surface area contributed by atoms with Gasteiger partial charge in [-0.05, 0) is 54.5 Å². The molecule has 3 rings (SSSR count). The van der Waals surface area contributed by atoms with Gasteiger partial charge in [-0.15, -0.1) is 0 Å². The van der Waals surface area contributed by atoms with Crippen molar-refractivity contribution in [1.82, 2.24) is 10.3 Å². The van der Waals surface area contributed by atoms with Gasteiger partial charge in [0.05, 0.1) is 5.56 Å². The minimum Gasteiger partial charge on any atom is -0.381 e. The zero-order valence-corrected chi connectivity index (χ0v) is 15.8. The number of benzene rings is 1. The predicted molar refractivity (Wildman–Crippen MR) is 104 cm³/mol. The SMILES string of the molecule is CC(C)c1cc(Nc2cccc(F)c2)ncc1C(=O)NCC1CCOCC1. The summed E-state index contributed by atoms with van der Waals surface area (Å²) in [5.74, 6) is 0.797. The van der Waals surface area contributed by atoms with E-state index in [-0.39, 0.29) is 17.6 Å². The third-order valence-electron chi connectivity index (χ3n) is 4.79. The third-order valence-corrected chi connectivity index (χ3v) is 4.79. The molecule has 1 aliphatic heterocycles. The van der Waals surface area contributed by atoms with Crippen LogP contribution in [0.15, 0.2) is 36.5 Å². The van der Waals surface area contributed by atoms with Crippen LogP contribution in [-0.4, -0.2) is 30.6 Å². The molecule has 0 spiro atoms. The molecule has 2 N–H and O–H groups in total. The first kappa shape index (κ1) is 19.3. The molecule has 2 aromatic rings. The molecular formula is C21H26FN3O2. The fourth-order valence-corrected chi connectivity index (χ4v) is 3.20. The third kappa shape index (κ3) is 5.26. The van der Waals surface area contributed by atoms with Crippen LogP contribution in [0.4, 0.5) is 15.9 Å². The number of nitrogens with one attached hydrogen (secondary N) is 2. The fourth-order valence-electron chi connectivity index (χ4n) is 3.20. The Morgan fingerprint density at radius 1 is 1.30 bits per heavy atom. The molecule has 5 nitrogen and oxygen atoms in total. The summed E-state index contributed by atoms with van der Waals surface area (Å²) in [7, 11) is 0. The second-order valence-corrected chi connectivity index (χ2v) is 7.21. The van der Waals surface area contributed by atoms with E-state index in [9.17, 15) is 9.18 Å². The summed E-state index contributed by atoms with van der Waals surface area (Å²) >= 11 is 0. The average Bonchev–Trinajstić information content (AvgIpc) is 2.67. The van der Waals surface area contributed by atoms with Crippen LogP contribution in [0, 0.1) is 11.7 Å². The van der Waals surface area contributed by atoms with Crippen molar-refractivity contribution < 1.29 is 13.9 Å². The Morgan fingerprint density at radius 2 is 2.07 bits per heavy atom. The smallest absolute Gasteiger partial charge is 0.253 e. The quantitative estimate of drug-likeness (QED) is 0.797. The molecule has 0 aliphatic carbocycles. The fraction of sp³-hybridized carbons (Fsp3) is 0.429. The van der Waals surface area contributed by atoms with Crippen LogP contribution in [0.3, 0.4) is 0 Å². The molecule has 1 aliphatic rings. The summed E-state index contributed by atoms with van der Waals surface area (Å²) in [5, 5.41) is 6.13. The van der Waals surface area contributed by atoms with Crippen molar-refractivity contribution in [2.75, 3.05) is 25.1 Å². The summed E-state index contributed by atoms with van der Waals surface area (Å²) in [6, 6.07) is 8.07. The van der Waals surface area contributed by atoms with Crippen molar-refractivity contribution in [3.05, 3.63) is 53.5 Å². The number of anilines is 2. The van der Waals surface area contributed by atoms with Crippen LogP contribution in [0.2, 0.25) is 0 Å². The van der Waals surface area contributed by atoms with Gasteiger partial charge in [0.1, 0.15) is 11.6 Å². The van der Waals surface area contributed by atoms with Gasteiger partial charge in [0, 0.05) is 31.6 Å². The van der Waals surface area contributed by atoms with E-state index in [0.717, 1.165) is 31.6 Å². The van der Waals surface area contributed by atoms with Gasteiger partial charge in [-0.3, -0.25) is 4.79 Å². The average molecular weight is 371 g/mol. The van der Waals surface area contributed by atoms with Gasteiger partial charge in [0.2, 0.25) is 0 Å². The molecule has 6 heteroatoms. The second kappa shape index (κ2) is 8.95. The summed E-state index contributed by atoms with van der Waals surface area (Å²) in [5.41, 5.74) is 2.11. The number of carbonyl (C=O) groups is 1. The molecule has 1 fully saturated rings. The lowest BCUT2D eigenvalue weighted by Gasteiger charge is -2.22. The van der Waals surface area contributed by atoms with Crippen molar-refractivity contribution in [3.8, 4) is 0 Å². The van der Waals surface area contributed by atoms with E-state index in [1.165, 1.54) is 12.1 Å². The molecule has 1 amide bonds. The molecule has 144 valence electrons. The molecule has 0 saturated carbocycles. The Hall–Kier alpha value is -2.47. The summed E-state index contributed by atoms with van der Waals surface area (Å²) in [6.45, 7) is 6.26. The highest BCUT2D eigenvalue weighted by Crippen LogP contribution is 2.24. The van der Waals surface area contributed by atoms with Gasteiger partial charge in [-0.1, -0.05) is 19.9 Å². The molecule has 0 unspecified atom stereocenters. The lowest BCUT2D eigenvalue weighted by Crippen LogP contribution is -2.32. The molecule has 0 bridgehead atoms. The van der Waals surface area contributed by atoms with E-state index < -0.39 is 0 Å². The first-order valence-electron chi connectivity index (χ1n) is 9.41. The lowest BCUT2D eigenvalue weighted by atomic mass is 9.97. The van der Waals surface area contributed by atoms with Crippen molar-refractivity contribution in [3.63, 3.8) is 0 Å². The topological polar surface area (TPSA) is 63.2 Å². The number of nitrogens with zero attached hydrogens (tertiary/aromatic N) is 1. The van der Waals surface area contributed by atoms with E-state index in [0.29, 0.717) is 29.5 Å². The first-order chi connectivity index (χ1) is 13.0. The van der Waals surface area contributed by atoms with Crippen molar-refractivity contribution in [1.29, 1.82) is 0 Å². The van der Waals surface area contributed by atoms with Crippen molar-refractivity contribution in [2.24, 2.45) is 5.92 Å². The molecule has 2 heterocycles. The van der Waals surface area contributed by atoms with Gasteiger partial charge in [-0.25, -0.2) is 9.37 Å². The predicted octanol–water partition coefficient (Wildman–Crippen LogP) is 4.24. The van der Waals surface area contributed by atoms with Crippen LogP contribution in [0.5, 0.6) is 0 Å². The van der Waals surface area contributed by atoms with Gasteiger partial charge in [0.25, 0.3) is 5.91 Å². The summed E-state index contributed by atoms with van der Waals surface area (Å²) in [4.78, 5) is 17.0. The first-order valence-corrected chi connectivity index (χ1v) is 9.41. The number of amides is 1. The van der Waals surface area contributed by atoms with Gasteiger partial charge in [0.15, 0.2) is 0 Å². The van der Waals surface area contributed by atoms with Crippen LogP contribution in [0.25, 0.3) is 0 Å². The maximum atomic E-state index is 13.4. The Labute approximate surface area is 159 Å². The highest BCUT2D eigenvalue weighted by Gasteiger charge is 2.18. The van der Waals surface area contributed by atoms with Crippen LogP contribution in [0.1, 0.15) is 48.5 Å². The van der Waals surface area contributed by atoms with Gasteiger partial charge >= 0.3 is 0 Å². The molecule has 0 radical (unpaired) electrons. The maximum absolute atomic E-state index is 13.4. The zero-order chi connectivity index (χ0) is 19.2. The minimum atomic E-state index is -0.312. The largest absolute Gasteiger partial charge is 0.381 e. The Balaban J connectivity index is 1.71. The van der Waals surface area contributed by atoms with Crippen molar-refractivity contribution in [2.45, 2.75) is 32.6 Å². The van der Waals surface area contributed by atoms with E-state index in [2.05, 4.69) is 15.6 Å². The Kier molecular flexibility index (Phi) is 6.40. The number of pyridine rings is 1. The second-order valence-electron chi connectivity index (χ2n) is 7.21. The number of rotatable bonds is 6. The number of carbonyl (C=O) groups excluding carboxylic acids is 1. The Bertz CT molecular complexity index is 789. The van der Waals surface area contributed by atoms with Gasteiger partial charge in [-0.2, -0.15) is 0 Å². The number of ether oxygens (including phenoxy) is 1. The molecule has 1 saturated heterocycles. The molecule has 0 atom stereocenters. The minimum absolute atomic E-state index is 0.102. The lowest BCUT2D eigenvalue weighted by molar-refractivity contribution is 0.0642. The van der Waals surface area contributed by atoms with Crippen LogP contribution >= 0.6 is 0 Å². The standard InChI is InChI=1S/C21H26FN3O2/c1-14(2)18-11-20(25-17-5-3-4-16(22)10-17)23-13-19(18)21(26)24-12-15-6-8-27-9-7-15/h3-5,10-11,13-15H,6-9,12H2,1-2H3,(H,23,25)(H,24,26). The van der Waals surface area contributed by atoms with E-state index in [4.69, 9.17) is 4.74 Å². The molecule has 1 aromatic heterocycles. The summed E-state index contributed by atoms with van der Waals surface area (Å²) in [6.07, 6.45) is 3.55.